The van der Waals surface area contributed by atoms with Crippen LogP contribution in [0.25, 0.3) is 0 Å². The fourth-order valence-corrected chi connectivity index (χ4v) is 1.12. The van der Waals surface area contributed by atoms with Crippen molar-refractivity contribution in [1.82, 2.24) is 5.43 Å². The van der Waals surface area contributed by atoms with Crippen molar-refractivity contribution in [3.8, 4) is 5.75 Å². The van der Waals surface area contributed by atoms with Crippen LogP contribution in [0.3, 0.4) is 0 Å². The number of benzene rings is 1. The number of carbonyl (C=O) groups is 1. The summed E-state index contributed by atoms with van der Waals surface area (Å²) in [6, 6.07) is 1.98. The second-order valence-electron chi connectivity index (χ2n) is 3.09. The Morgan fingerprint density at radius 3 is 2.79 bits per heavy atom. The Bertz CT molecular complexity index is 521. The van der Waals surface area contributed by atoms with Gasteiger partial charge in [0.15, 0.2) is 0 Å². The fraction of sp³-hybridized carbons (Fsp3) is 0.111. The molecule has 0 aliphatic carbocycles. The minimum absolute atomic E-state index is 0.108. The van der Waals surface area contributed by atoms with Crippen LogP contribution in [0, 0.1) is 10.1 Å². The summed E-state index contributed by atoms with van der Waals surface area (Å²) in [6.07, 6.45) is 0.898. The standard InChI is InChI=1S/C9H8F2N4O4/c10-8(11)19-7-2-1-6(15(17)18)3-5(7)4-13-14-9(12)16/h1-4,8H,(H3,12,14,16). The molecule has 0 heterocycles. The average Bonchev–Trinajstić information content (AvgIpc) is 2.29. The van der Waals surface area contributed by atoms with Crippen molar-refractivity contribution in [2.24, 2.45) is 10.8 Å². The first kappa shape index (κ1) is 14.3. The number of nitrogens with zero attached hydrogens (tertiary/aromatic N) is 2. The molecule has 0 spiro atoms. The summed E-state index contributed by atoms with van der Waals surface area (Å²) in [7, 11) is 0. The van der Waals surface area contributed by atoms with Gasteiger partial charge in [-0.05, 0) is 6.07 Å². The third kappa shape index (κ3) is 4.53. The molecule has 0 unspecified atom stereocenters. The third-order valence-electron chi connectivity index (χ3n) is 1.80. The van der Waals surface area contributed by atoms with Crippen molar-refractivity contribution in [3.05, 3.63) is 33.9 Å². The highest BCUT2D eigenvalue weighted by Crippen LogP contribution is 2.24. The number of ether oxygens (including phenoxy) is 1. The van der Waals surface area contributed by atoms with E-state index in [0.29, 0.717) is 0 Å². The molecular formula is C9H8F2N4O4. The van der Waals surface area contributed by atoms with Crippen LogP contribution in [0.5, 0.6) is 5.75 Å². The van der Waals surface area contributed by atoms with E-state index in [1.54, 1.807) is 0 Å². The molecule has 0 saturated heterocycles. The predicted molar refractivity (Wildman–Crippen MR) is 60.0 cm³/mol. The normalized spacial score (nSPS) is 10.7. The molecule has 3 N–H and O–H groups in total. The lowest BCUT2D eigenvalue weighted by atomic mass is 10.2. The number of amides is 2. The number of hydrogen-bond acceptors (Lipinski definition) is 5. The Morgan fingerprint density at radius 2 is 2.26 bits per heavy atom. The minimum Gasteiger partial charge on any atom is -0.434 e. The van der Waals surface area contributed by atoms with Crippen LogP contribution in [0.15, 0.2) is 23.3 Å². The average molecular weight is 274 g/mol. The molecule has 0 bridgehead atoms. The number of primary amides is 1. The molecule has 19 heavy (non-hydrogen) atoms. The van der Waals surface area contributed by atoms with Gasteiger partial charge in [-0.25, -0.2) is 10.2 Å². The predicted octanol–water partition coefficient (Wildman–Crippen LogP) is 1.20. The van der Waals surface area contributed by atoms with E-state index in [4.69, 9.17) is 5.73 Å². The molecule has 0 aromatic heterocycles. The maximum atomic E-state index is 12.1. The van der Waals surface area contributed by atoms with Gasteiger partial charge in [0.05, 0.1) is 11.1 Å². The van der Waals surface area contributed by atoms with Gasteiger partial charge >= 0.3 is 12.6 Å². The molecule has 1 aromatic rings. The smallest absolute Gasteiger partial charge is 0.387 e. The highest BCUT2D eigenvalue weighted by atomic mass is 19.3. The van der Waals surface area contributed by atoms with E-state index < -0.39 is 17.6 Å². The summed E-state index contributed by atoms with van der Waals surface area (Å²) in [5, 5.41) is 13.9. The summed E-state index contributed by atoms with van der Waals surface area (Å²) >= 11 is 0. The number of carbonyl (C=O) groups excluding carboxylic acids is 1. The van der Waals surface area contributed by atoms with Crippen molar-refractivity contribution in [1.29, 1.82) is 0 Å². The second kappa shape index (κ2) is 6.23. The Labute approximate surface area is 105 Å². The lowest BCUT2D eigenvalue weighted by Crippen LogP contribution is -2.24. The van der Waals surface area contributed by atoms with Gasteiger partial charge in [0, 0.05) is 17.7 Å². The number of nitrogens with two attached hydrogens (primary N) is 1. The topological polar surface area (TPSA) is 120 Å². The van der Waals surface area contributed by atoms with Gasteiger partial charge in [-0.15, -0.1) is 0 Å². The van der Waals surface area contributed by atoms with E-state index in [-0.39, 0.29) is 17.0 Å². The van der Waals surface area contributed by atoms with E-state index in [2.05, 4.69) is 9.84 Å². The number of non-ortho nitro benzene ring substituents is 1. The Morgan fingerprint density at radius 1 is 1.58 bits per heavy atom. The SMILES string of the molecule is NC(=O)NN=Cc1cc([N+](=O)[O-])ccc1OC(F)F. The summed E-state index contributed by atoms with van der Waals surface area (Å²) in [4.78, 5) is 20.2. The molecule has 0 radical (unpaired) electrons. The van der Waals surface area contributed by atoms with Crippen molar-refractivity contribution < 1.29 is 23.2 Å². The molecule has 0 fully saturated rings. The van der Waals surface area contributed by atoms with E-state index in [1.807, 2.05) is 5.43 Å². The van der Waals surface area contributed by atoms with E-state index in [1.165, 1.54) is 0 Å². The number of urea groups is 1. The maximum absolute atomic E-state index is 12.1. The van der Waals surface area contributed by atoms with Crippen LogP contribution >= 0.6 is 0 Å². The van der Waals surface area contributed by atoms with Crippen LogP contribution in [-0.4, -0.2) is 23.8 Å². The van der Waals surface area contributed by atoms with Gasteiger partial charge in [0.25, 0.3) is 5.69 Å². The number of rotatable bonds is 5. The number of nitro groups is 1. The first-order valence-corrected chi connectivity index (χ1v) is 4.72. The van der Waals surface area contributed by atoms with Crippen molar-refractivity contribution >= 4 is 17.9 Å². The van der Waals surface area contributed by atoms with Crippen LogP contribution in [0.4, 0.5) is 19.3 Å². The van der Waals surface area contributed by atoms with Gasteiger partial charge in [-0.3, -0.25) is 10.1 Å². The zero-order chi connectivity index (χ0) is 14.4. The maximum Gasteiger partial charge on any atom is 0.387 e. The van der Waals surface area contributed by atoms with Gasteiger partial charge < -0.3 is 10.5 Å². The zero-order valence-corrected chi connectivity index (χ0v) is 9.25. The highest BCUT2D eigenvalue weighted by Gasteiger charge is 2.13. The van der Waals surface area contributed by atoms with Crippen LogP contribution in [0.2, 0.25) is 0 Å². The van der Waals surface area contributed by atoms with Crippen molar-refractivity contribution in [2.75, 3.05) is 0 Å². The molecule has 0 atom stereocenters. The van der Waals surface area contributed by atoms with E-state index in [0.717, 1.165) is 24.4 Å². The quantitative estimate of drug-likeness (QED) is 0.476. The first-order valence-electron chi connectivity index (χ1n) is 4.72. The van der Waals surface area contributed by atoms with E-state index >= 15 is 0 Å². The molecule has 0 aliphatic rings. The summed E-state index contributed by atoms with van der Waals surface area (Å²) in [5.74, 6) is -0.323. The number of hydrazone groups is 1. The van der Waals surface area contributed by atoms with Crippen molar-refractivity contribution in [3.63, 3.8) is 0 Å². The lowest BCUT2D eigenvalue weighted by Gasteiger charge is -2.07. The second-order valence-corrected chi connectivity index (χ2v) is 3.09. The molecule has 0 aliphatic heterocycles. The van der Waals surface area contributed by atoms with Gasteiger partial charge in [-0.2, -0.15) is 13.9 Å². The van der Waals surface area contributed by atoms with Crippen LogP contribution in [-0.2, 0) is 0 Å². The highest BCUT2D eigenvalue weighted by molar-refractivity contribution is 5.85. The fourth-order valence-electron chi connectivity index (χ4n) is 1.12. The lowest BCUT2D eigenvalue weighted by molar-refractivity contribution is -0.384. The van der Waals surface area contributed by atoms with Crippen LogP contribution < -0.4 is 15.9 Å². The minimum atomic E-state index is -3.10. The molecule has 8 nitrogen and oxygen atoms in total. The first-order chi connectivity index (χ1) is 8.90. The summed E-state index contributed by atoms with van der Waals surface area (Å²) < 4.78 is 28.4. The molecular weight excluding hydrogens is 266 g/mol. The van der Waals surface area contributed by atoms with Gasteiger partial charge in [0.2, 0.25) is 0 Å². The number of hydrogen-bond donors (Lipinski definition) is 2. The summed E-state index contributed by atoms with van der Waals surface area (Å²) in [5.41, 5.74) is 6.10. The van der Waals surface area contributed by atoms with Crippen molar-refractivity contribution in [2.45, 2.75) is 6.61 Å². The van der Waals surface area contributed by atoms with Gasteiger partial charge in [0.1, 0.15) is 5.75 Å². The van der Waals surface area contributed by atoms with Crippen LogP contribution in [0.1, 0.15) is 5.56 Å². The number of alkyl halides is 2. The monoisotopic (exact) mass is 274 g/mol. The molecule has 0 saturated carbocycles. The Balaban J connectivity index is 3.06. The number of halogens is 2. The molecule has 102 valence electrons. The van der Waals surface area contributed by atoms with E-state index in [9.17, 15) is 23.7 Å². The molecule has 1 rings (SSSR count). The molecule has 10 heteroatoms. The number of nitrogens with one attached hydrogen (secondary N) is 1. The number of nitro benzene ring substituents is 1. The molecule has 1 aromatic carbocycles. The Kier molecular flexibility index (Phi) is 4.69. The zero-order valence-electron chi connectivity index (χ0n) is 9.25. The van der Waals surface area contributed by atoms with Gasteiger partial charge in [-0.1, -0.05) is 0 Å². The largest absolute Gasteiger partial charge is 0.434 e. The summed E-state index contributed by atoms with van der Waals surface area (Å²) in [6.45, 7) is -3.10. The third-order valence-corrected chi connectivity index (χ3v) is 1.80. The Hall–Kier alpha value is -2.78. The molecule has 2 amide bonds.